The number of hydrogen-bond acceptors (Lipinski definition) is 3. The molecule has 0 heterocycles. The third kappa shape index (κ3) is 3.39. The van der Waals surface area contributed by atoms with E-state index in [1.165, 1.54) is 31.2 Å². The normalized spacial score (nSPS) is 16.2. The van der Waals surface area contributed by atoms with Gasteiger partial charge in [-0.1, -0.05) is 18.9 Å². The highest BCUT2D eigenvalue weighted by Crippen LogP contribution is 2.30. The Morgan fingerprint density at radius 2 is 2.00 bits per heavy atom. The first-order valence-corrected chi connectivity index (χ1v) is 6.77. The van der Waals surface area contributed by atoms with Crippen LogP contribution in [0.5, 0.6) is 5.75 Å². The molecule has 1 aliphatic rings. The number of nitrogens with one attached hydrogen (secondary N) is 1. The summed E-state index contributed by atoms with van der Waals surface area (Å²) in [7, 11) is 5.92. The summed E-state index contributed by atoms with van der Waals surface area (Å²) in [6, 6.07) is 7.04. The van der Waals surface area contributed by atoms with Gasteiger partial charge in [0, 0.05) is 12.6 Å². The molecule has 0 spiro atoms. The molecular formula is C15H24N2O. The lowest BCUT2D eigenvalue weighted by Gasteiger charge is -2.18. The minimum absolute atomic E-state index is 0.619. The van der Waals surface area contributed by atoms with Gasteiger partial charge in [0.25, 0.3) is 0 Å². The van der Waals surface area contributed by atoms with Crippen molar-refractivity contribution >= 4 is 5.69 Å². The van der Waals surface area contributed by atoms with Gasteiger partial charge < -0.3 is 15.0 Å². The fourth-order valence-electron chi connectivity index (χ4n) is 2.62. The number of hydrogen-bond donors (Lipinski definition) is 1. The Morgan fingerprint density at radius 3 is 2.61 bits per heavy atom. The third-order valence-electron chi connectivity index (χ3n) is 3.48. The van der Waals surface area contributed by atoms with Gasteiger partial charge in [-0.15, -0.1) is 0 Å². The molecule has 0 amide bonds. The van der Waals surface area contributed by atoms with E-state index < -0.39 is 0 Å². The van der Waals surface area contributed by atoms with E-state index in [1.807, 2.05) is 0 Å². The van der Waals surface area contributed by atoms with E-state index in [4.69, 9.17) is 4.74 Å². The largest absolute Gasteiger partial charge is 0.495 e. The quantitative estimate of drug-likeness (QED) is 0.866. The van der Waals surface area contributed by atoms with Crippen LogP contribution in [0.1, 0.15) is 31.2 Å². The molecule has 0 unspecified atom stereocenters. The average molecular weight is 248 g/mol. The SMILES string of the molecule is COc1ccc(CN(C)C)cc1NC1CCCC1. The second kappa shape index (κ2) is 6.10. The van der Waals surface area contributed by atoms with Crippen LogP contribution >= 0.6 is 0 Å². The molecule has 0 aliphatic heterocycles. The van der Waals surface area contributed by atoms with Crippen LogP contribution < -0.4 is 10.1 Å². The highest BCUT2D eigenvalue weighted by Gasteiger charge is 2.16. The molecule has 1 N–H and O–H groups in total. The maximum Gasteiger partial charge on any atom is 0.141 e. The number of benzene rings is 1. The zero-order valence-electron chi connectivity index (χ0n) is 11.7. The standard InChI is InChI=1S/C15H24N2O/c1-17(2)11-12-8-9-15(18-3)14(10-12)16-13-6-4-5-7-13/h8-10,13,16H,4-7,11H2,1-3H3. The van der Waals surface area contributed by atoms with Crippen molar-refractivity contribution in [3.05, 3.63) is 23.8 Å². The van der Waals surface area contributed by atoms with E-state index >= 15 is 0 Å². The molecule has 18 heavy (non-hydrogen) atoms. The minimum atomic E-state index is 0.619. The van der Waals surface area contributed by atoms with Crippen LogP contribution in [-0.4, -0.2) is 32.1 Å². The highest BCUT2D eigenvalue weighted by atomic mass is 16.5. The molecule has 1 aliphatic carbocycles. The number of nitrogens with zero attached hydrogens (tertiary/aromatic N) is 1. The average Bonchev–Trinajstić information content (AvgIpc) is 2.81. The van der Waals surface area contributed by atoms with Crippen molar-refractivity contribution in [3.63, 3.8) is 0 Å². The Morgan fingerprint density at radius 1 is 1.28 bits per heavy atom. The molecule has 3 heteroatoms. The maximum absolute atomic E-state index is 5.44. The molecule has 1 saturated carbocycles. The monoisotopic (exact) mass is 248 g/mol. The Labute approximate surface area is 110 Å². The van der Waals surface area contributed by atoms with Crippen molar-refractivity contribution in [2.24, 2.45) is 0 Å². The first-order chi connectivity index (χ1) is 8.69. The lowest BCUT2D eigenvalue weighted by molar-refractivity contribution is 0.400. The van der Waals surface area contributed by atoms with Crippen LogP contribution in [0.4, 0.5) is 5.69 Å². The molecule has 100 valence electrons. The van der Waals surface area contributed by atoms with Crippen molar-refractivity contribution in [1.29, 1.82) is 0 Å². The first kappa shape index (κ1) is 13.2. The Bertz CT molecular complexity index is 384. The Hall–Kier alpha value is -1.22. The first-order valence-electron chi connectivity index (χ1n) is 6.77. The molecule has 0 aromatic heterocycles. The van der Waals surface area contributed by atoms with Crippen LogP contribution in [0.3, 0.4) is 0 Å². The van der Waals surface area contributed by atoms with Gasteiger partial charge in [0.1, 0.15) is 5.75 Å². The van der Waals surface area contributed by atoms with Gasteiger partial charge in [0.05, 0.1) is 12.8 Å². The fraction of sp³-hybridized carbons (Fsp3) is 0.600. The van der Waals surface area contributed by atoms with E-state index in [2.05, 4.69) is 42.5 Å². The number of ether oxygens (including phenoxy) is 1. The Balaban J connectivity index is 2.13. The molecule has 0 saturated heterocycles. The summed E-state index contributed by atoms with van der Waals surface area (Å²) in [5.41, 5.74) is 2.46. The molecule has 3 nitrogen and oxygen atoms in total. The topological polar surface area (TPSA) is 24.5 Å². The van der Waals surface area contributed by atoms with Crippen LogP contribution in [0.2, 0.25) is 0 Å². The van der Waals surface area contributed by atoms with E-state index in [1.54, 1.807) is 7.11 Å². The van der Waals surface area contributed by atoms with Gasteiger partial charge in [0.2, 0.25) is 0 Å². The maximum atomic E-state index is 5.44. The molecule has 1 fully saturated rings. The van der Waals surface area contributed by atoms with Crippen LogP contribution in [0, 0.1) is 0 Å². The predicted octanol–water partition coefficient (Wildman–Crippen LogP) is 3.11. The smallest absolute Gasteiger partial charge is 0.141 e. The van der Waals surface area contributed by atoms with Gasteiger partial charge in [0.15, 0.2) is 0 Å². The summed E-state index contributed by atoms with van der Waals surface area (Å²) in [4.78, 5) is 2.18. The molecule has 0 bridgehead atoms. The zero-order valence-corrected chi connectivity index (χ0v) is 11.7. The zero-order chi connectivity index (χ0) is 13.0. The Kier molecular flexibility index (Phi) is 4.48. The van der Waals surface area contributed by atoms with Crippen molar-refractivity contribution < 1.29 is 4.74 Å². The van der Waals surface area contributed by atoms with Crippen molar-refractivity contribution in [1.82, 2.24) is 4.90 Å². The van der Waals surface area contributed by atoms with E-state index in [0.29, 0.717) is 6.04 Å². The van der Waals surface area contributed by atoms with Crippen molar-refractivity contribution in [3.8, 4) is 5.75 Å². The van der Waals surface area contributed by atoms with Gasteiger partial charge in [-0.3, -0.25) is 0 Å². The van der Waals surface area contributed by atoms with E-state index in [-0.39, 0.29) is 0 Å². The summed E-state index contributed by atoms with van der Waals surface area (Å²) in [5.74, 6) is 0.949. The van der Waals surface area contributed by atoms with E-state index in [9.17, 15) is 0 Å². The van der Waals surface area contributed by atoms with Gasteiger partial charge in [-0.2, -0.15) is 0 Å². The lowest BCUT2D eigenvalue weighted by Crippen LogP contribution is -2.16. The molecule has 1 aromatic carbocycles. The molecule has 0 atom stereocenters. The third-order valence-corrected chi connectivity index (χ3v) is 3.48. The van der Waals surface area contributed by atoms with Gasteiger partial charge in [-0.25, -0.2) is 0 Å². The second-order valence-corrected chi connectivity index (χ2v) is 5.40. The minimum Gasteiger partial charge on any atom is -0.495 e. The summed E-state index contributed by atoms with van der Waals surface area (Å²) < 4.78 is 5.44. The molecule has 2 rings (SSSR count). The van der Waals surface area contributed by atoms with Crippen molar-refractivity contribution in [2.75, 3.05) is 26.5 Å². The van der Waals surface area contributed by atoms with Crippen LogP contribution in [0.15, 0.2) is 18.2 Å². The second-order valence-electron chi connectivity index (χ2n) is 5.40. The van der Waals surface area contributed by atoms with Crippen molar-refractivity contribution in [2.45, 2.75) is 38.3 Å². The highest BCUT2D eigenvalue weighted by molar-refractivity contribution is 5.58. The summed E-state index contributed by atoms with van der Waals surface area (Å²) >= 11 is 0. The molecule has 0 radical (unpaired) electrons. The van der Waals surface area contributed by atoms with E-state index in [0.717, 1.165) is 18.0 Å². The fourth-order valence-corrected chi connectivity index (χ4v) is 2.62. The summed E-state index contributed by atoms with van der Waals surface area (Å²) in [6.07, 6.45) is 5.25. The molecular weight excluding hydrogens is 224 g/mol. The van der Waals surface area contributed by atoms with Gasteiger partial charge >= 0.3 is 0 Å². The summed E-state index contributed by atoms with van der Waals surface area (Å²) in [6.45, 7) is 0.962. The number of methoxy groups -OCH3 is 1. The number of rotatable bonds is 5. The number of anilines is 1. The van der Waals surface area contributed by atoms with Gasteiger partial charge in [-0.05, 0) is 44.6 Å². The van der Waals surface area contributed by atoms with Crippen LogP contribution in [0.25, 0.3) is 0 Å². The molecule has 1 aromatic rings. The lowest BCUT2D eigenvalue weighted by atomic mass is 10.1. The summed E-state index contributed by atoms with van der Waals surface area (Å²) in [5, 5.41) is 3.63. The van der Waals surface area contributed by atoms with Crippen LogP contribution in [-0.2, 0) is 6.54 Å². The predicted molar refractivity (Wildman–Crippen MR) is 76.3 cm³/mol.